The molecule has 0 heterocycles. The van der Waals surface area contributed by atoms with Crippen LogP contribution in [0.2, 0.25) is 5.02 Å². The first kappa shape index (κ1) is 31.2. The summed E-state index contributed by atoms with van der Waals surface area (Å²) in [6.45, 7) is 9.73. The summed E-state index contributed by atoms with van der Waals surface area (Å²) in [5, 5.41) is 3.32. The number of nitrogens with one attached hydrogen (secondary N) is 1. The zero-order chi connectivity index (χ0) is 29.4. The number of carbonyl (C=O) groups excluding carboxylic acids is 2. The van der Waals surface area contributed by atoms with Crippen molar-refractivity contribution in [3.63, 3.8) is 0 Å². The van der Waals surface area contributed by atoms with Gasteiger partial charge in [0.05, 0.1) is 10.6 Å². The fraction of sp³-hybridized carbons (Fsp3) is 0.355. The zero-order valence-electron chi connectivity index (χ0n) is 23.7. The molecule has 1 atom stereocenters. The second-order valence-electron chi connectivity index (χ2n) is 10.3. The third-order valence-electron chi connectivity index (χ3n) is 6.56. The van der Waals surface area contributed by atoms with Gasteiger partial charge in [0, 0.05) is 18.1 Å². The number of sulfonamides is 1. The van der Waals surface area contributed by atoms with Crippen molar-refractivity contribution in [3.8, 4) is 0 Å². The average Bonchev–Trinajstić information content (AvgIpc) is 2.92. The SMILES string of the molecule is CC[C@H](C(=O)NCC(C)C)N(Cc1cccc(C)c1)C(=O)CN(c1ccc(C)c(Cl)c1)S(=O)(=O)c1ccccc1. The first-order valence-corrected chi connectivity index (χ1v) is 15.2. The molecule has 0 fully saturated rings. The molecule has 0 aromatic heterocycles. The van der Waals surface area contributed by atoms with Gasteiger partial charge < -0.3 is 10.2 Å². The van der Waals surface area contributed by atoms with Gasteiger partial charge in [-0.25, -0.2) is 8.42 Å². The summed E-state index contributed by atoms with van der Waals surface area (Å²) < 4.78 is 28.8. The second kappa shape index (κ2) is 13.8. The average molecular weight is 584 g/mol. The Bertz CT molecular complexity index is 1430. The van der Waals surface area contributed by atoms with E-state index in [0.717, 1.165) is 21.0 Å². The van der Waals surface area contributed by atoms with Crippen LogP contribution in [0.15, 0.2) is 77.7 Å². The van der Waals surface area contributed by atoms with Crippen LogP contribution in [-0.2, 0) is 26.2 Å². The van der Waals surface area contributed by atoms with E-state index in [-0.39, 0.29) is 29.0 Å². The van der Waals surface area contributed by atoms with E-state index in [1.165, 1.54) is 17.0 Å². The summed E-state index contributed by atoms with van der Waals surface area (Å²) in [6, 6.07) is 19.8. The topological polar surface area (TPSA) is 86.8 Å². The van der Waals surface area contributed by atoms with Crippen LogP contribution in [0.5, 0.6) is 0 Å². The minimum absolute atomic E-state index is 0.0476. The van der Waals surface area contributed by atoms with Crippen molar-refractivity contribution in [3.05, 3.63) is 94.5 Å². The first-order valence-electron chi connectivity index (χ1n) is 13.4. The Morgan fingerprint density at radius 1 is 0.950 bits per heavy atom. The predicted molar refractivity (Wildman–Crippen MR) is 161 cm³/mol. The lowest BCUT2D eigenvalue weighted by Gasteiger charge is -2.33. The van der Waals surface area contributed by atoms with Crippen molar-refractivity contribution in [2.75, 3.05) is 17.4 Å². The van der Waals surface area contributed by atoms with Crippen LogP contribution in [0.25, 0.3) is 0 Å². The molecule has 0 aliphatic rings. The van der Waals surface area contributed by atoms with Crippen molar-refractivity contribution < 1.29 is 18.0 Å². The second-order valence-corrected chi connectivity index (χ2v) is 12.6. The van der Waals surface area contributed by atoms with Crippen LogP contribution in [0, 0.1) is 19.8 Å². The minimum Gasteiger partial charge on any atom is -0.354 e. The smallest absolute Gasteiger partial charge is 0.264 e. The van der Waals surface area contributed by atoms with Gasteiger partial charge in [-0.05, 0) is 61.6 Å². The van der Waals surface area contributed by atoms with Gasteiger partial charge in [-0.3, -0.25) is 13.9 Å². The fourth-order valence-corrected chi connectivity index (χ4v) is 5.94. The molecule has 7 nitrogen and oxygen atoms in total. The normalized spacial score (nSPS) is 12.2. The van der Waals surface area contributed by atoms with Gasteiger partial charge in [0.1, 0.15) is 12.6 Å². The summed E-state index contributed by atoms with van der Waals surface area (Å²) in [4.78, 5) is 28.9. The Hall–Kier alpha value is -3.36. The van der Waals surface area contributed by atoms with E-state index in [9.17, 15) is 18.0 Å². The molecule has 0 spiro atoms. The highest BCUT2D eigenvalue weighted by Crippen LogP contribution is 2.28. The van der Waals surface area contributed by atoms with Gasteiger partial charge >= 0.3 is 0 Å². The third kappa shape index (κ3) is 7.86. The molecule has 0 aliphatic carbocycles. The lowest BCUT2D eigenvalue weighted by atomic mass is 10.1. The van der Waals surface area contributed by atoms with Crippen LogP contribution in [-0.4, -0.2) is 44.3 Å². The molecule has 0 aliphatic heterocycles. The van der Waals surface area contributed by atoms with E-state index in [4.69, 9.17) is 11.6 Å². The Morgan fingerprint density at radius 3 is 2.25 bits per heavy atom. The minimum atomic E-state index is -4.14. The Morgan fingerprint density at radius 2 is 1.65 bits per heavy atom. The number of hydrogen-bond acceptors (Lipinski definition) is 4. The molecule has 3 aromatic carbocycles. The lowest BCUT2D eigenvalue weighted by Crippen LogP contribution is -2.52. The molecule has 1 N–H and O–H groups in total. The number of carbonyl (C=O) groups is 2. The zero-order valence-corrected chi connectivity index (χ0v) is 25.3. The molecule has 40 heavy (non-hydrogen) atoms. The third-order valence-corrected chi connectivity index (χ3v) is 8.75. The molecule has 0 saturated heterocycles. The van der Waals surface area contributed by atoms with Gasteiger partial charge in [-0.15, -0.1) is 0 Å². The van der Waals surface area contributed by atoms with E-state index in [1.54, 1.807) is 36.4 Å². The maximum absolute atomic E-state index is 14.1. The molecule has 0 bridgehead atoms. The number of benzene rings is 3. The monoisotopic (exact) mass is 583 g/mol. The van der Waals surface area contributed by atoms with E-state index in [1.807, 2.05) is 58.9 Å². The Balaban J connectivity index is 2.06. The number of anilines is 1. The highest BCUT2D eigenvalue weighted by atomic mass is 35.5. The van der Waals surface area contributed by atoms with Crippen molar-refractivity contribution >= 4 is 39.1 Å². The first-order chi connectivity index (χ1) is 18.9. The van der Waals surface area contributed by atoms with Gasteiger partial charge in [0.2, 0.25) is 11.8 Å². The van der Waals surface area contributed by atoms with E-state index in [0.29, 0.717) is 18.0 Å². The van der Waals surface area contributed by atoms with Crippen molar-refractivity contribution in [1.29, 1.82) is 0 Å². The molecule has 3 rings (SSSR count). The van der Waals surface area contributed by atoms with Crippen LogP contribution in [0.3, 0.4) is 0 Å². The Kier molecular flexibility index (Phi) is 10.8. The van der Waals surface area contributed by atoms with Crippen molar-refractivity contribution in [2.45, 2.75) is 58.5 Å². The highest BCUT2D eigenvalue weighted by Gasteiger charge is 2.33. The summed E-state index contributed by atoms with van der Waals surface area (Å²) >= 11 is 6.38. The van der Waals surface area contributed by atoms with Crippen molar-refractivity contribution in [2.24, 2.45) is 5.92 Å². The van der Waals surface area contributed by atoms with E-state index < -0.39 is 28.5 Å². The molecule has 0 radical (unpaired) electrons. The quantitative estimate of drug-likeness (QED) is 0.295. The lowest BCUT2D eigenvalue weighted by molar-refractivity contribution is -0.140. The highest BCUT2D eigenvalue weighted by molar-refractivity contribution is 7.92. The molecule has 3 aromatic rings. The largest absolute Gasteiger partial charge is 0.354 e. The number of halogens is 1. The molecule has 9 heteroatoms. The summed E-state index contributed by atoms with van der Waals surface area (Å²) in [7, 11) is -4.14. The number of aryl methyl sites for hydroxylation is 2. The van der Waals surface area contributed by atoms with Crippen LogP contribution in [0.1, 0.15) is 43.9 Å². The van der Waals surface area contributed by atoms with Crippen LogP contribution >= 0.6 is 11.6 Å². The summed E-state index contributed by atoms with van der Waals surface area (Å²) in [5.41, 5.74) is 2.91. The maximum Gasteiger partial charge on any atom is 0.264 e. The number of rotatable bonds is 12. The number of amides is 2. The van der Waals surface area contributed by atoms with Gasteiger partial charge in [0.25, 0.3) is 10.0 Å². The standard InChI is InChI=1S/C31H38ClN3O4S/c1-6-29(31(37)33-19-22(2)3)34(20-25-12-10-11-23(4)17-25)30(36)21-35(26-16-15-24(5)28(32)18-26)40(38,39)27-13-8-7-9-14-27/h7-18,22,29H,6,19-21H2,1-5H3,(H,33,37)/t29-/m1/s1. The Labute approximate surface area is 243 Å². The van der Waals surface area contributed by atoms with E-state index >= 15 is 0 Å². The summed E-state index contributed by atoms with van der Waals surface area (Å²) in [6.07, 6.45) is 0.364. The number of hydrogen-bond donors (Lipinski definition) is 1. The van der Waals surface area contributed by atoms with Gasteiger partial charge in [-0.1, -0.05) is 86.5 Å². The van der Waals surface area contributed by atoms with Gasteiger partial charge in [-0.2, -0.15) is 0 Å². The van der Waals surface area contributed by atoms with E-state index in [2.05, 4.69) is 5.32 Å². The van der Waals surface area contributed by atoms with Crippen molar-refractivity contribution in [1.82, 2.24) is 10.2 Å². The molecule has 214 valence electrons. The van der Waals surface area contributed by atoms with Crippen LogP contribution in [0.4, 0.5) is 5.69 Å². The molecule has 2 amide bonds. The molecule has 0 unspecified atom stereocenters. The van der Waals surface area contributed by atoms with Crippen LogP contribution < -0.4 is 9.62 Å². The maximum atomic E-state index is 14.1. The molecule has 0 saturated carbocycles. The summed E-state index contributed by atoms with van der Waals surface area (Å²) in [5.74, 6) is -0.530. The molecular weight excluding hydrogens is 546 g/mol. The van der Waals surface area contributed by atoms with Gasteiger partial charge in [0.15, 0.2) is 0 Å². The number of nitrogens with zero attached hydrogens (tertiary/aromatic N) is 2. The predicted octanol–water partition coefficient (Wildman–Crippen LogP) is 5.73. The molecular formula is C31H38ClN3O4S. The fourth-order valence-electron chi connectivity index (χ4n) is 4.33.